The first-order valence-electron chi connectivity index (χ1n) is 10.1. The summed E-state index contributed by atoms with van der Waals surface area (Å²) in [7, 11) is 0. The minimum atomic E-state index is -0.856. The summed E-state index contributed by atoms with van der Waals surface area (Å²) in [6, 6.07) is 11.7. The number of carbonyl (C=O) groups excluding carboxylic acids is 2. The van der Waals surface area contributed by atoms with Gasteiger partial charge in [-0.3, -0.25) is 9.59 Å². The molecule has 1 saturated heterocycles. The van der Waals surface area contributed by atoms with E-state index in [1.807, 2.05) is 0 Å². The molecule has 8 nitrogen and oxygen atoms in total. The van der Waals surface area contributed by atoms with Crippen LogP contribution in [0.2, 0.25) is 0 Å². The Morgan fingerprint density at radius 2 is 1.75 bits per heavy atom. The Bertz CT molecular complexity index is 996. The molecule has 0 unspecified atom stereocenters. The van der Waals surface area contributed by atoms with E-state index >= 15 is 0 Å². The summed E-state index contributed by atoms with van der Waals surface area (Å²) in [6.07, 6.45) is 1.61. The van der Waals surface area contributed by atoms with Crippen LogP contribution >= 0.6 is 0 Å². The molecule has 0 aromatic heterocycles. The van der Waals surface area contributed by atoms with Crippen LogP contribution in [-0.2, 0) is 14.3 Å². The molecule has 168 valence electrons. The van der Waals surface area contributed by atoms with Crippen molar-refractivity contribution >= 4 is 17.4 Å². The van der Waals surface area contributed by atoms with Gasteiger partial charge >= 0.3 is 0 Å². The second-order valence-electron chi connectivity index (χ2n) is 7.04. The molecule has 1 fully saturated rings. The van der Waals surface area contributed by atoms with Crippen LogP contribution in [0.5, 0.6) is 11.5 Å². The van der Waals surface area contributed by atoms with Gasteiger partial charge in [0.05, 0.1) is 31.4 Å². The largest absolute Gasteiger partial charge is 0.508 e. The van der Waals surface area contributed by atoms with Crippen molar-refractivity contribution in [1.29, 1.82) is 0 Å². The van der Waals surface area contributed by atoms with Crippen LogP contribution in [0, 0.1) is 0 Å². The highest BCUT2D eigenvalue weighted by molar-refractivity contribution is 6.46. The first kappa shape index (κ1) is 23.1. The minimum Gasteiger partial charge on any atom is -0.508 e. The van der Waals surface area contributed by atoms with E-state index in [2.05, 4.69) is 6.58 Å². The standard InChI is InChI=1S/C24H25NO7/c1-2-13-32-19-9-5-17(6-10-19)22(28)20-21(16-3-7-18(27)8-4-16)25(24(30)23(20)29)11-14-31-15-12-26/h2-10,21,26-28H,1,11-15H2/t21-/m1/s1. The summed E-state index contributed by atoms with van der Waals surface area (Å²) in [5.74, 6) is -1.28. The van der Waals surface area contributed by atoms with Gasteiger partial charge in [0.2, 0.25) is 0 Å². The number of ketones is 1. The van der Waals surface area contributed by atoms with Gasteiger partial charge in [0, 0.05) is 12.1 Å². The predicted molar refractivity (Wildman–Crippen MR) is 117 cm³/mol. The Balaban J connectivity index is 2.00. The van der Waals surface area contributed by atoms with E-state index in [9.17, 15) is 19.8 Å². The molecule has 0 spiro atoms. The zero-order valence-corrected chi connectivity index (χ0v) is 17.4. The number of hydrogen-bond donors (Lipinski definition) is 3. The Labute approximate surface area is 185 Å². The van der Waals surface area contributed by atoms with E-state index < -0.39 is 17.7 Å². The number of amides is 1. The lowest BCUT2D eigenvalue weighted by atomic mass is 9.95. The van der Waals surface area contributed by atoms with Crippen molar-refractivity contribution in [2.45, 2.75) is 6.04 Å². The zero-order valence-electron chi connectivity index (χ0n) is 17.4. The first-order chi connectivity index (χ1) is 15.5. The molecule has 1 heterocycles. The highest BCUT2D eigenvalue weighted by Crippen LogP contribution is 2.39. The lowest BCUT2D eigenvalue weighted by molar-refractivity contribution is -0.140. The van der Waals surface area contributed by atoms with Crippen LogP contribution in [0.25, 0.3) is 5.76 Å². The molecule has 32 heavy (non-hydrogen) atoms. The molecular formula is C24H25NO7. The van der Waals surface area contributed by atoms with E-state index in [1.165, 1.54) is 17.0 Å². The number of Topliss-reactive ketones (excluding diaryl/α,β-unsaturated/α-hetero) is 1. The Morgan fingerprint density at radius 1 is 1.06 bits per heavy atom. The molecular weight excluding hydrogens is 414 g/mol. The highest BCUT2D eigenvalue weighted by Gasteiger charge is 2.45. The summed E-state index contributed by atoms with van der Waals surface area (Å²) in [6.45, 7) is 4.05. The third-order valence-electron chi connectivity index (χ3n) is 4.96. The number of carbonyl (C=O) groups is 2. The summed E-state index contributed by atoms with van der Waals surface area (Å²) in [4.78, 5) is 27.0. The lowest BCUT2D eigenvalue weighted by Crippen LogP contribution is -2.33. The number of benzene rings is 2. The van der Waals surface area contributed by atoms with Crippen molar-refractivity contribution < 1.29 is 34.4 Å². The fourth-order valence-corrected chi connectivity index (χ4v) is 3.46. The van der Waals surface area contributed by atoms with Gasteiger partial charge in [-0.05, 0) is 42.0 Å². The Kier molecular flexibility index (Phi) is 7.64. The second-order valence-corrected chi connectivity index (χ2v) is 7.04. The van der Waals surface area contributed by atoms with Crippen LogP contribution < -0.4 is 4.74 Å². The number of nitrogens with zero attached hydrogens (tertiary/aromatic N) is 1. The van der Waals surface area contributed by atoms with Crippen molar-refractivity contribution in [2.24, 2.45) is 0 Å². The van der Waals surface area contributed by atoms with Gasteiger partial charge in [-0.2, -0.15) is 0 Å². The van der Waals surface area contributed by atoms with E-state index in [0.717, 1.165) is 0 Å². The maximum absolute atomic E-state index is 12.9. The molecule has 1 aliphatic rings. The molecule has 1 aliphatic heterocycles. The van der Waals surface area contributed by atoms with E-state index in [1.54, 1.807) is 42.5 Å². The smallest absolute Gasteiger partial charge is 0.295 e. The van der Waals surface area contributed by atoms with Crippen LogP contribution in [-0.4, -0.2) is 64.9 Å². The average Bonchev–Trinajstić information content (AvgIpc) is 3.06. The number of aliphatic hydroxyl groups is 2. The number of likely N-dealkylation sites (tertiary alicyclic amines) is 1. The third-order valence-corrected chi connectivity index (χ3v) is 4.96. The molecule has 0 bridgehead atoms. The third kappa shape index (κ3) is 4.99. The van der Waals surface area contributed by atoms with E-state index in [0.29, 0.717) is 23.5 Å². The number of ether oxygens (including phenoxy) is 2. The Morgan fingerprint density at radius 3 is 2.38 bits per heavy atom. The van der Waals surface area contributed by atoms with Crippen molar-refractivity contribution in [3.05, 3.63) is 77.9 Å². The van der Waals surface area contributed by atoms with Crippen molar-refractivity contribution in [3.63, 3.8) is 0 Å². The molecule has 0 radical (unpaired) electrons. The fourth-order valence-electron chi connectivity index (χ4n) is 3.46. The van der Waals surface area contributed by atoms with Crippen molar-refractivity contribution in [2.75, 3.05) is 33.0 Å². The van der Waals surface area contributed by atoms with Crippen LogP contribution in [0.3, 0.4) is 0 Å². The monoisotopic (exact) mass is 439 g/mol. The molecule has 1 atom stereocenters. The molecule has 0 saturated carbocycles. The molecule has 2 aromatic carbocycles. The maximum Gasteiger partial charge on any atom is 0.295 e. The SMILES string of the molecule is C=CCOc1ccc(C(O)=C2C(=O)C(=O)N(CCOCCO)[C@@H]2c2ccc(O)cc2)cc1. The summed E-state index contributed by atoms with van der Waals surface area (Å²) >= 11 is 0. The quantitative estimate of drug-likeness (QED) is 0.171. The summed E-state index contributed by atoms with van der Waals surface area (Å²) in [5, 5.41) is 29.5. The number of phenolic OH excluding ortho intramolecular Hbond substituents is 1. The van der Waals surface area contributed by atoms with E-state index in [4.69, 9.17) is 14.6 Å². The molecule has 8 heteroatoms. The van der Waals surface area contributed by atoms with Crippen LogP contribution in [0.15, 0.2) is 66.8 Å². The minimum absolute atomic E-state index is 0.0343. The molecule has 1 amide bonds. The Hall–Kier alpha value is -3.62. The number of hydrogen-bond acceptors (Lipinski definition) is 7. The number of aliphatic hydroxyl groups excluding tert-OH is 2. The van der Waals surface area contributed by atoms with Gasteiger partial charge in [-0.1, -0.05) is 24.8 Å². The van der Waals surface area contributed by atoms with Crippen molar-refractivity contribution in [3.8, 4) is 11.5 Å². The average molecular weight is 439 g/mol. The van der Waals surface area contributed by atoms with Gasteiger partial charge in [0.25, 0.3) is 11.7 Å². The highest BCUT2D eigenvalue weighted by atomic mass is 16.5. The number of aromatic hydroxyl groups is 1. The van der Waals surface area contributed by atoms with E-state index in [-0.39, 0.29) is 43.4 Å². The number of rotatable bonds is 10. The van der Waals surface area contributed by atoms with Gasteiger partial charge in [-0.25, -0.2) is 0 Å². The van der Waals surface area contributed by atoms with Crippen molar-refractivity contribution in [1.82, 2.24) is 4.90 Å². The van der Waals surface area contributed by atoms with Gasteiger partial charge < -0.3 is 29.7 Å². The molecule has 0 aliphatic carbocycles. The predicted octanol–water partition coefficient (Wildman–Crippen LogP) is 2.39. The molecule has 2 aromatic rings. The molecule has 3 N–H and O–H groups in total. The first-order valence-corrected chi connectivity index (χ1v) is 10.1. The normalized spacial score (nSPS) is 17.5. The topological polar surface area (TPSA) is 117 Å². The fraction of sp³-hybridized carbons (Fsp3) is 0.250. The summed E-state index contributed by atoms with van der Waals surface area (Å²) in [5.41, 5.74) is 0.855. The van der Waals surface area contributed by atoms with Gasteiger partial charge in [0.1, 0.15) is 23.9 Å². The summed E-state index contributed by atoms with van der Waals surface area (Å²) < 4.78 is 10.7. The van der Waals surface area contributed by atoms with Crippen LogP contribution in [0.4, 0.5) is 0 Å². The lowest BCUT2D eigenvalue weighted by Gasteiger charge is -2.25. The van der Waals surface area contributed by atoms with Gasteiger partial charge in [-0.15, -0.1) is 0 Å². The van der Waals surface area contributed by atoms with Crippen LogP contribution in [0.1, 0.15) is 17.2 Å². The maximum atomic E-state index is 12.9. The zero-order chi connectivity index (χ0) is 23.1. The molecule has 3 rings (SSSR count). The second kappa shape index (κ2) is 10.6. The van der Waals surface area contributed by atoms with Gasteiger partial charge in [0.15, 0.2) is 0 Å². The number of phenols is 1.